The summed E-state index contributed by atoms with van der Waals surface area (Å²) in [5.74, 6) is 0. The molecule has 0 heterocycles. The van der Waals surface area contributed by atoms with Gasteiger partial charge in [-0.2, -0.15) is 0 Å². The molecule has 0 rings (SSSR count). The highest BCUT2D eigenvalue weighted by atomic mass is 14.9. The molecule has 0 spiro atoms. The number of hydrogen-bond acceptors (Lipinski definition) is 1. The van der Waals surface area contributed by atoms with Gasteiger partial charge in [0.15, 0.2) is 0 Å². The SMILES string of the molecule is C=C(NC(C)C)C(=C/C)/C(C)=C\C. The van der Waals surface area contributed by atoms with Crippen LogP contribution in [0, 0.1) is 0 Å². The van der Waals surface area contributed by atoms with E-state index in [1.807, 2.05) is 13.8 Å². The summed E-state index contributed by atoms with van der Waals surface area (Å²) >= 11 is 0. The molecule has 1 N–H and O–H groups in total. The predicted molar refractivity (Wildman–Crippen MR) is 60.6 cm³/mol. The standard InChI is InChI=1S/C12H21N/c1-7-10(5)12(8-2)11(6)13-9(3)4/h7-9,13H,6H2,1-5H3/b10-7-,12-8+. The van der Waals surface area contributed by atoms with Crippen LogP contribution >= 0.6 is 0 Å². The molecule has 0 saturated heterocycles. The number of nitrogens with one attached hydrogen (secondary N) is 1. The van der Waals surface area contributed by atoms with E-state index in [1.54, 1.807) is 0 Å². The molecule has 1 heteroatoms. The summed E-state index contributed by atoms with van der Waals surface area (Å²) in [6.45, 7) is 14.4. The van der Waals surface area contributed by atoms with Crippen molar-refractivity contribution in [3.05, 3.63) is 35.6 Å². The average Bonchev–Trinajstić information content (AvgIpc) is 2.03. The number of rotatable bonds is 4. The first-order valence-corrected chi connectivity index (χ1v) is 4.78. The molecular formula is C12H21N. The van der Waals surface area contributed by atoms with Gasteiger partial charge in [0, 0.05) is 11.7 Å². The summed E-state index contributed by atoms with van der Waals surface area (Å²) in [5.41, 5.74) is 3.48. The fourth-order valence-corrected chi connectivity index (χ4v) is 1.22. The molecule has 0 radical (unpaired) electrons. The van der Waals surface area contributed by atoms with Crippen molar-refractivity contribution >= 4 is 0 Å². The summed E-state index contributed by atoms with van der Waals surface area (Å²) < 4.78 is 0. The van der Waals surface area contributed by atoms with Gasteiger partial charge in [-0.1, -0.05) is 18.7 Å². The molecule has 0 aromatic heterocycles. The van der Waals surface area contributed by atoms with Crippen molar-refractivity contribution in [1.29, 1.82) is 0 Å². The van der Waals surface area contributed by atoms with Gasteiger partial charge in [0.25, 0.3) is 0 Å². The lowest BCUT2D eigenvalue weighted by atomic mass is 10.0. The van der Waals surface area contributed by atoms with Crippen LogP contribution in [0.5, 0.6) is 0 Å². The van der Waals surface area contributed by atoms with Crippen LogP contribution in [0.4, 0.5) is 0 Å². The van der Waals surface area contributed by atoms with Crippen LogP contribution in [0.2, 0.25) is 0 Å². The van der Waals surface area contributed by atoms with E-state index in [0.29, 0.717) is 6.04 Å². The van der Waals surface area contributed by atoms with Crippen molar-refractivity contribution in [1.82, 2.24) is 5.32 Å². The highest BCUT2D eigenvalue weighted by Gasteiger charge is 2.03. The lowest BCUT2D eigenvalue weighted by Gasteiger charge is -2.16. The largest absolute Gasteiger partial charge is 0.383 e. The van der Waals surface area contributed by atoms with Crippen LogP contribution in [0.3, 0.4) is 0 Å². The zero-order valence-electron chi connectivity index (χ0n) is 9.44. The molecule has 1 nitrogen and oxygen atoms in total. The second-order valence-electron chi connectivity index (χ2n) is 3.45. The van der Waals surface area contributed by atoms with Crippen molar-refractivity contribution < 1.29 is 0 Å². The first kappa shape index (κ1) is 12.0. The average molecular weight is 179 g/mol. The van der Waals surface area contributed by atoms with Crippen molar-refractivity contribution in [2.45, 2.75) is 40.7 Å². The molecule has 0 aromatic rings. The smallest absolute Gasteiger partial charge is 0.0341 e. The van der Waals surface area contributed by atoms with Gasteiger partial charge in [-0.05, 0) is 45.8 Å². The quantitative estimate of drug-likeness (QED) is 0.652. The minimum atomic E-state index is 0.437. The Labute approximate surface area is 82.2 Å². The first-order chi connectivity index (χ1) is 6.02. The van der Waals surface area contributed by atoms with Gasteiger partial charge < -0.3 is 5.32 Å². The molecule has 0 aromatic carbocycles. The maximum atomic E-state index is 4.01. The third-order valence-corrected chi connectivity index (χ3v) is 1.93. The van der Waals surface area contributed by atoms with Gasteiger partial charge in [0.05, 0.1) is 0 Å². The molecule has 0 fully saturated rings. The predicted octanol–water partition coefficient (Wildman–Crippen LogP) is 3.41. The fraction of sp³-hybridized carbons (Fsp3) is 0.500. The second kappa shape index (κ2) is 5.63. The molecule has 0 aliphatic heterocycles. The first-order valence-electron chi connectivity index (χ1n) is 4.78. The van der Waals surface area contributed by atoms with Gasteiger partial charge in [-0.25, -0.2) is 0 Å². The van der Waals surface area contributed by atoms with Gasteiger partial charge in [-0.3, -0.25) is 0 Å². The molecule has 0 amide bonds. The van der Waals surface area contributed by atoms with E-state index in [9.17, 15) is 0 Å². The minimum absolute atomic E-state index is 0.437. The number of hydrogen-bond donors (Lipinski definition) is 1. The molecule has 13 heavy (non-hydrogen) atoms. The highest BCUT2D eigenvalue weighted by Crippen LogP contribution is 2.15. The van der Waals surface area contributed by atoms with Crippen molar-refractivity contribution in [3.8, 4) is 0 Å². The maximum Gasteiger partial charge on any atom is 0.0341 e. The molecule has 0 bridgehead atoms. The second-order valence-corrected chi connectivity index (χ2v) is 3.45. The Morgan fingerprint density at radius 1 is 1.23 bits per heavy atom. The normalized spacial score (nSPS) is 13.4. The van der Waals surface area contributed by atoms with Gasteiger partial charge in [0.1, 0.15) is 0 Å². The molecule has 0 saturated carbocycles. The molecular weight excluding hydrogens is 158 g/mol. The van der Waals surface area contributed by atoms with Crippen LogP contribution in [-0.2, 0) is 0 Å². The molecule has 0 aliphatic rings. The maximum absolute atomic E-state index is 4.01. The van der Waals surface area contributed by atoms with E-state index in [-0.39, 0.29) is 0 Å². The lowest BCUT2D eigenvalue weighted by Crippen LogP contribution is -2.22. The summed E-state index contributed by atoms with van der Waals surface area (Å²) in [5, 5.41) is 3.31. The zero-order chi connectivity index (χ0) is 10.4. The Hall–Kier alpha value is -0.980. The summed E-state index contributed by atoms with van der Waals surface area (Å²) in [6.07, 6.45) is 4.19. The Morgan fingerprint density at radius 3 is 2.08 bits per heavy atom. The summed E-state index contributed by atoms with van der Waals surface area (Å²) in [7, 11) is 0. The summed E-state index contributed by atoms with van der Waals surface area (Å²) in [6, 6.07) is 0.437. The molecule has 0 unspecified atom stereocenters. The van der Waals surface area contributed by atoms with E-state index in [4.69, 9.17) is 0 Å². The van der Waals surface area contributed by atoms with E-state index in [0.717, 1.165) is 5.70 Å². The van der Waals surface area contributed by atoms with Crippen LogP contribution in [0.1, 0.15) is 34.6 Å². The van der Waals surface area contributed by atoms with Crippen LogP contribution < -0.4 is 5.32 Å². The third-order valence-electron chi connectivity index (χ3n) is 1.93. The monoisotopic (exact) mass is 179 g/mol. The van der Waals surface area contributed by atoms with E-state index < -0.39 is 0 Å². The van der Waals surface area contributed by atoms with Gasteiger partial charge in [-0.15, -0.1) is 0 Å². The van der Waals surface area contributed by atoms with Crippen molar-refractivity contribution in [2.24, 2.45) is 0 Å². The van der Waals surface area contributed by atoms with Crippen LogP contribution in [0.25, 0.3) is 0 Å². The molecule has 0 atom stereocenters. The van der Waals surface area contributed by atoms with E-state index in [1.165, 1.54) is 11.1 Å². The van der Waals surface area contributed by atoms with E-state index in [2.05, 4.69) is 44.8 Å². The highest BCUT2D eigenvalue weighted by molar-refractivity contribution is 5.42. The topological polar surface area (TPSA) is 12.0 Å². The Balaban J connectivity index is 4.54. The Morgan fingerprint density at radius 2 is 1.77 bits per heavy atom. The van der Waals surface area contributed by atoms with E-state index >= 15 is 0 Å². The van der Waals surface area contributed by atoms with Crippen molar-refractivity contribution in [3.63, 3.8) is 0 Å². The molecule has 0 aliphatic carbocycles. The number of allylic oxidation sites excluding steroid dienone is 3. The summed E-state index contributed by atoms with van der Waals surface area (Å²) in [4.78, 5) is 0. The van der Waals surface area contributed by atoms with Crippen LogP contribution in [-0.4, -0.2) is 6.04 Å². The molecule has 74 valence electrons. The Bertz CT molecular complexity index is 232. The zero-order valence-corrected chi connectivity index (χ0v) is 9.44. The van der Waals surface area contributed by atoms with Gasteiger partial charge in [0.2, 0.25) is 0 Å². The Kier molecular flexibility index (Phi) is 5.20. The minimum Gasteiger partial charge on any atom is -0.383 e. The van der Waals surface area contributed by atoms with Gasteiger partial charge >= 0.3 is 0 Å². The third kappa shape index (κ3) is 3.97. The fourth-order valence-electron chi connectivity index (χ4n) is 1.22. The van der Waals surface area contributed by atoms with Crippen molar-refractivity contribution in [2.75, 3.05) is 0 Å². The lowest BCUT2D eigenvalue weighted by molar-refractivity contribution is 0.677. The van der Waals surface area contributed by atoms with Crippen LogP contribution in [0.15, 0.2) is 35.6 Å².